The number of hydrogen-bond donors (Lipinski definition) is 1. The Kier molecular flexibility index (Phi) is 6.46. The van der Waals surface area contributed by atoms with Gasteiger partial charge < -0.3 is 19.0 Å². The Hall–Kier alpha value is -5.46. The Morgan fingerprint density at radius 2 is 1.73 bits per heavy atom. The van der Waals surface area contributed by atoms with Gasteiger partial charge in [-0.3, -0.25) is 4.79 Å². The predicted octanol–water partition coefficient (Wildman–Crippen LogP) is 6.00. The van der Waals surface area contributed by atoms with Crippen LogP contribution in [0.15, 0.2) is 71.3 Å². The molecular weight excluding hydrogens is 520 g/mol. The Labute approximate surface area is 234 Å². The summed E-state index contributed by atoms with van der Waals surface area (Å²) in [5.74, 6) is 1.17. The number of rotatable bonds is 7. The van der Waals surface area contributed by atoms with Crippen molar-refractivity contribution in [2.75, 3.05) is 14.2 Å². The molecule has 0 aliphatic carbocycles. The highest BCUT2D eigenvalue weighted by Crippen LogP contribution is 2.38. The second-order valence-corrected chi connectivity index (χ2v) is 9.44. The first kappa shape index (κ1) is 25.8. The maximum Gasteiger partial charge on any atom is 0.227 e. The van der Waals surface area contributed by atoms with Crippen LogP contribution in [0.4, 0.5) is 0 Å². The summed E-state index contributed by atoms with van der Waals surface area (Å²) >= 11 is 0. The number of carbonyl (C=O) groups excluding carboxylic acids is 1. The summed E-state index contributed by atoms with van der Waals surface area (Å²) in [7, 11) is 3.01. The van der Waals surface area contributed by atoms with Crippen LogP contribution < -0.4 is 9.47 Å². The fourth-order valence-corrected chi connectivity index (χ4v) is 5.19. The molecule has 0 amide bonds. The van der Waals surface area contributed by atoms with Crippen LogP contribution in [0.1, 0.15) is 27.0 Å². The summed E-state index contributed by atoms with van der Waals surface area (Å²) in [4.78, 5) is 16.3. The molecule has 9 heteroatoms. The van der Waals surface area contributed by atoms with Crippen molar-refractivity contribution in [3.63, 3.8) is 0 Å². The average Bonchev–Trinajstić information content (AvgIpc) is 3.64. The van der Waals surface area contributed by atoms with Crippen LogP contribution in [0.25, 0.3) is 50.3 Å². The van der Waals surface area contributed by atoms with E-state index in [0.29, 0.717) is 57.2 Å². The van der Waals surface area contributed by atoms with E-state index < -0.39 is 0 Å². The number of aliphatic hydroxyl groups excluding tert-OH is 1. The van der Waals surface area contributed by atoms with Crippen molar-refractivity contribution in [3.05, 3.63) is 89.1 Å². The van der Waals surface area contributed by atoms with Crippen LogP contribution in [0.5, 0.6) is 11.5 Å². The molecule has 6 rings (SSSR count). The second kappa shape index (κ2) is 10.3. The van der Waals surface area contributed by atoms with Crippen LogP contribution >= 0.6 is 0 Å². The molecule has 2 heterocycles. The normalized spacial score (nSPS) is 11.1. The van der Waals surface area contributed by atoms with E-state index in [-0.39, 0.29) is 6.61 Å². The number of hydrogen-bond acceptors (Lipinski definition) is 8. The smallest absolute Gasteiger partial charge is 0.227 e. The third-order valence-electron chi connectivity index (χ3n) is 7.21. The molecule has 0 fully saturated rings. The first-order valence-corrected chi connectivity index (χ1v) is 12.7. The van der Waals surface area contributed by atoms with E-state index in [2.05, 4.69) is 16.2 Å². The number of nitriles is 1. The topological polar surface area (TPSA) is 123 Å². The molecule has 2 aromatic heterocycles. The number of oxazole rings is 1. The van der Waals surface area contributed by atoms with Crippen molar-refractivity contribution in [3.8, 4) is 45.8 Å². The highest BCUT2D eigenvalue weighted by atomic mass is 16.5. The number of benzene rings is 4. The first-order valence-electron chi connectivity index (χ1n) is 12.7. The fraction of sp³-hybridized carbons (Fsp3) is 0.125. The van der Waals surface area contributed by atoms with Gasteiger partial charge in [-0.15, -0.1) is 0 Å². The number of fused-ring (bicyclic) bond motifs is 2. The van der Waals surface area contributed by atoms with Gasteiger partial charge in [-0.05, 0) is 53.4 Å². The van der Waals surface area contributed by atoms with Gasteiger partial charge in [0.2, 0.25) is 5.89 Å². The molecule has 0 bridgehead atoms. The van der Waals surface area contributed by atoms with Crippen LogP contribution in [-0.2, 0) is 6.61 Å². The molecular formula is C32H24N4O5. The molecule has 0 saturated heterocycles. The van der Waals surface area contributed by atoms with Crippen LogP contribution in [0.2, 0.25) is 0 Å². The monoisotopic (exact) mass is 544 g/mol. The van der Waals surface area contributed by atoms with Crippen LogP contribution in [-0.4, -0.2) is 40.4 Å². The van der Waals surface area contributed by atoms with E-state index >= 15 is 0 Å². The number of aldehydes is 1. The van der Waals surface area contributed by atoms with Crippen LogP contribution in [0, 0.1) is 18.3 Å². The molecule has 9 nitrogen and oxygen atoms in total. The molecule has 0 atom stereocenters. The van der Waals surface area contributed by atoms with Gasteiger partial charge >= 0.3 is 0 Å². The van der Waals surface area contributed by atoms with E-state index in [1.807, 2.05) is 43.3 Å². The second-order valence-electron chi connectivity index (χ2n) is 9.44. The summed E-state index contributed by atoms with van der Waals surface area (Å²) in [5.41, 5.74) is 7.36. The quantitative estimate of drug-likeness (QED) is 0.243. The average molecular weight is 545 g/mol. The lowest BCUT2D eigenvalue weighted by Gasteiger charge is -2.13. The van der Waals surface area contributed by atoms with Crippen molar-refractivity contribution in [1.29, 1.82) is 5.26 Å². The molecule has 0 aliphatic rings. The Morgan fingerprint density at radius 1 is 1.02 bits per heavy atom. The highest BCUT2D eigenvalue weighted by molar-refractivity contribution is 5.97. The molecule has 0 radical (unpaired) electrons. The van der Waals surface area contributed by atoms with E-state index in [4.69, 9.17) is 13.9 Å². The summed E-state index contributed by atoms with van der Waals surface area (Å²) in [6, 6.07) is 20.8. The van der Waals surface area contributed by atoms with Gasteiger partial charge in [0.1, 0.15) is 23.1 Å². The zero-order valence-corrected chi connectivity index (χ0v) is 22.5. The number of methoxy groups -OCH3 is 2. The Balaban J connectivity index is 1.49. The summed E-state index contributed by atoms with van der Waals surface area (Å²) < 4.78 is 18.7. The van der Waals surface area contributed by atoms with Gasteiger partial charge in [-0.2, -0.15) is 10.4 Å². The molecule has 6 aromatic rings. The summed E-state index contributed by atoms with van der Waals surface area (Å²) in [6.07, 6.45) is 2.51. The minimum absolute atomic E-state index is 0.195. The molecule has 1 N–H and O–H groups in total. The maximum absolute atomic E-state index is 11.6. The standard InChI is InChI=1S/C32H24N4O5/c1-18-22(6-4-7-23(18)32-35-27-11-19(16-37)10-20(14-33)31(27)41-32)24-8-5-9-28-25(24)15-34-36(28)21-12-29(39-2)26(17-38)30(13-21)40-3/h4-13,15,17,37H,16H2,1-3H3. The van der Waals surface area contributed by atoms with Crippen molar-refractivity contribution < 1.29 is 23.8 Å². The van der Waals surface area contributed by atoms with Crippen molar-refractivity contribution in [2.45, 2.75) is 13.5 Å². The first-order chi connectivity index (χ1) is 20.0. The summed E-state index contributed by atoms with van der Waals surface area (Å²) in [5, 5.41) is 24.8. The lowest BCUT2D eigenvalue weighted by Crippen LogP contribution is -2.01. The largest absolute Gasteiger partial charge is 0.496 e. The van der Waals surface area contributed by atoms with E-state index in [9.17, 15) is 15.2 Å². The van der Waals surface area contributed by atoms with E-state index in [1.54, 1.807) is 35.1 Å². The Morgan fingerprint density at radius 3 is 2.41 bits per heavy atom. The van der Waals surface area contributed by atoms with Crippen molar-refractivity contribution in [2.24, 2.45) is 0 Å². The van der Waals surface area contributed by atoms with E-state index in [1.165, 1.54) is 14.2 Å². The van der Waals surface area contributed by atoms with Crippen molar-refractivity contribution in [1.82, 2.24) is 14.8 Å². The minimum Gasteiger partial charge on any atom is -0.496 e. The molecule has 202 valence electrons. The molecule has 0 saturated carbocycles. The third kappa shape index (κ3) is 4.18. The predicted molar refractivity (Wildman–Crippen MR) is 153 cm³/mol. The lowest BCUT2D eigenvalue weighted by molar-refractivity contribution is 0.111. The molecule has 41 heavy (non-hydrogen) atoms. The zero-order chi connectivity index (χ0) is 28.7. The molecule has 0 unspecified atom stereocenters. The number of aromatic nitrogens is 3. The third-order valence-corrected chi connectivity index (χ3v) is 7.21. The highest BCUT2D eigenvalue weighted by Gasteiger charge is 2.19. The minimum atomic E-state index is -0.195. The SMILES string of the molecule is COc1cc(-n2ncc3c(-c4cccc(-c5nc6cc(CO)cc(C#N)c6o5)c4C)cccc32)cc(OC)c1C=O. The van der Waals surface area contributed by atoms with Crippen LogP contribution in [0.3, 0.4) is 0 Å². The lowest BCUT2D eigenvalue weighted by atomic mass is 9.94. The number of aliphatic hydroxyl groups is 1. The van der Waals surface area contributed by atoms with Gasteiger partial charge in [0, 0.05) is 23.1 Å². The van der Waals surface area contributed by atoms with Gasteiger partial charge in [-0.25, -0.2) is 9.67 Å². The van der Waals surface area contributed by atoms with Gasteiger partial charge in [0.25, 0.3) is 0 Å². The number of nitrogens with zero attached hydrogens (tertiary/aromatic N) is 4. The zero-order valence-electron chi connectivity index (χ0n) is 22.5. The molecule has 4 aromatic carbocycles. The van der Waals surface area contributed by atoms with E-state index in [0.717, 1.165) is 33.2 Å². The maximum atomic E-state index is 11.6. The van der Waals surface area contributed by atoms with Gasteiger partial charge in [-0.1, -0.05) is 24.3 Å². The summed E-state index contributed by atoms with van der Waals surface area (Å²) in [6.45, 7) is 1.81. The van der Waals surface area contributed by atoms with Gasteiger partial charge in [0.15, 0.2) is 11.9 Å². The fourth-order valence-electron chi connectivity index (χ4n) is 5.19. The van der Waals surface area contributed by atoms with Gasteiger partial charge in [0.05, 0.1) is 49.4 Å². The van der Waals surface area contributed by atoms with Crippen molar-refractivity contribution >= 4 is 28.3 Å². The molecule has 0 spiro atoms. The molecule has 0 aliphatic heterocycles. The Bertz CT molecular complexity index is 1990. The number of carbonyl (C=O) groups is 1. The number of ether oxygens (including phenoxy) is 2.